The molecule has 7 heteroatoms. The number of ether oxygens (including phenoxy) is 1. The fourth-order valence-electron chi connectivity index (χ4n) is 2.89. The maximum Gasteiger partial charge on any atom is 0.329 e. The molecule has 3 rings (SSSR count). The molecule has 0 spiro atoms. The predicted molar refractivity (Wildman–Crippen MR) is 87.7 cm³/mol. The van der Waals surface area contributed by atoms with Crippen molar-refractivity contribution >= 4 is 11.6 Å². The van der Waals surface area contributed by atoms with Gasteiger partial charge >= 0.3 is 5.69 Å². The van der Waals surface area contributed by atoms with Gasteiger partial charge in [0.1, 0.15) is 5.15 Å². The van der Waals surface area contributed by atoms with E-state index in [1.54, 1.807) is 0 Å². The van der Waals surface area contributed by atoms with Crippen LogP contribution < -0.4 is 17.0 Å². The lowest BCUT2D eigenvalue weighted by atomic mass is 10.00. The van der Waals surface area contributed by atoms with Crippen LogP contribution in [0.2, 0.25) is 5.15 Å². The molecule has 1 saturated heterocycles. The zero-order chi connectivity index (χ0) is 16.6. The van der Waals surface area contributed by atoms with Crippen molar-refractivity contribution in [3.05, 3.63) is 67.4 Å². The molecule has 2 aromatic rings. The van der Waals surface area contributed by atoms with Crippen LogP contribution in [0.15, 0.2) is 39.9 Å². The molecular formula is C16H18ClN3O3. The highest BCUT2D eigenvalue weighted by molar-refractivity contribution is 6.29. The van der Waals surface area contributed by atoms with Crippen molar-refractivity contribution in [3.63, 3.8) is 0 Å². The van der Waals surface area contributed by atoms with Crippen LogP contribution in [0.1, 0.15) is 42.7 Å². The maximum absolute atomic E-state index is 12.0. The number of rotatable bonds is 3. The minimum Gasteiger partial charge on any atom is -0.371 e. The summed E-state index contributed by atoms with van der Waals surface area (Å²) in [5, 5.41) is 0.0383. The quantitative estimate of drug-likeness (QED) is 0.838. The highest BCUT2D eigenvalue weighted by Gasteiger charge is 2.30. The Labute approximate surface area is 137 Å². The summed E-state index contributed by atoms with van der Waals surface area (Å²) in [4.78, 5) is 26.4. The summed E-state index contributed by atoms with van der Waals surface area (Å²) in [6.45, 7) is 2.22. The highest BCUT2D eigenvalue weighted by Crippen LogP contribution is 2.34. The second-order valence-corrected chi connectivity index (χ2v) is 6.21. The van der Waals surface area contributed by atoms with Gasteiger partial charge in [-0.25, -0.2) is 4.79 Å². The fourth-order valence-corrected chi connectivity index (χ4v) is 3.06. The molecule has 1 aliphatic rings. The minimum absolute atomic E-state index is 0.0383. The van der Waals surface area contributed by atoms with Crippen molar-refractivity contribution in [1.82, 2.24) is 9.55 Å². The lowest BCUT2D eigenvalue weighted by molar-refractivity contribution is 0.107. The molecule has 1 aromatic carbocycles. The third kappa shape index (κ3) is 3.24. The van der Waals surface area contributed by atoms with E-state index in [9.17, 15) is 9.59 Å². The number of H-pyrrole nitrogens is 1. The number of aromatic nitrogens is 2. The number of nitrogens with zero attached hydrogens (tertiary/aromatic N) is 1. The molecule has 3 N–H and O–H groups in total. The predicted octanol–water partition coefficient (Wildman–Crippen LogP) is 1.91. The summed E-state index contributed by atoms with van der Waals surface area (Å²) >= 11 is 5.69. The van der Waals surface area contributed by atoms with E-state index in [1.807, 2.05) is 31.2 Å². The average Bonchev–Trinajstić information content (AvgIpc) is 2.96. The van der Waals surface area contributed by atoms with Gasteiger partial charge in [0, 0.05) is 18.5 Å². The van der Waals surface area contributed by atoms with E-state index in [0.717, 1.165) is 11.1 Å². The van der Waals surface area contributed by atoms with Crippen molar-refractivity contribution in [1.29, 1.82) is 0 Å². The molecule has 2 unspecified atom stereocenters. The van der Waals surface area contributed by atoms with E-state index in [4.69, 9.17) is 22.1 Å². The molecule has 1 fully saturated rings. The molecule has 0 saturated carbocycles. The van der Waals surface area contributed by atoms with Gasteiger partial charge in [0.05, 0.1) is 18.8 Å². The van der Waals surface area contributed by atoms with Gasteiger partial charge < -0.3 is 10.5 Å². The van der Waals surface area contributed by atoms with Crippen LogP contribution in [-0.2, 0) is 4.74 Å². The molecule has 6 nitrogen and oxygen atoms in total. The van der Waals surface area contributed by atoms with Gasteiger partial charge in [0.2, 0.25) is 0 Å². The van der Waals surface area contributed by atoms with Crippen LogP contribution >= 0.6 is 11.6 Å². The lowest BCUT2D eigenvalue weighted by Gasteiger charge is -2.13. The Morgan fingerprint density at radius 3 is 2.87 bits per heavy atom. The Bertz CT molecular complexity index is 797. The van der Waals surface area contributed by atoms with Crippen molar-refractivity contribution in [2.45, 2.75) is 31.5 Å². The zero-order valence-electron chi connectivity index (χ0n) is 12.7. The van der Waals surface area contributed by atoms with E-state index in [-0.39, 0.29) is 23.3 Å². The number of halogens is 1. The molecule has 3 atom stereocenters. The molecule has 2 heterocycles. The normalized spacial score (nSPS) is 22.2. The Hall–Kier alpha value is -1.89. The van der Waals surface area contributed by atoms with Crippen LogP contribution in [-0.4, -0.2) is 16.2 Å². The van der Waals surface area contributed by atoms with Crippen molar-refractivity contribution in [2.75, 3.05) is 6.61 Å². The van der Waals surface area contributed by atoms with E-state index in [1.165, 1.54) is 10.6 Å². The van der Waals surface area contributed by atoms with E-state index < -0.39 is 11.2 Å². The van der Waals surface area contributed by atoms with Crippen LogP contribution in [0.3, 0.4) is 0 Å². The first kappa shape index (κ1) is 16.0. The van der Waals surface area contributed by atoms with Crippen molar-refractivity contribution in [3.8, 4) is 0 Å². The minimum atomic E-state index is -0.513. The van der Waals surface area contributed by atoms with Gasteiger partial charge in [-0.1, -0.05) is 35.9 Å². The monoisotopic (exact) mass is 335 g/mol. The van der Waals surface area contributed by atoms with Crippen LogP contribution in [0, 0.1) is 0 Å². The first-order valence-electron chi connectivity index (χ1n) is 7.44. The van der Waals surface area contributed by atoms with Gasteiger partial charge in [0.15, 0.2) is 0 Å². The molecule has 23 heavy (non-hydrogen) atoms. The summed E-state index contributed by atoms with van der Waals surface area (Å²) < 4.78 is 6.96. The molecule has 0 aliphatic carbocycles. The van der Waals surface area contributed by atoms with Crippen LogP contribution in [0.5, 0.6) is 0 Å². The number of nitrogens with two attached hydrogens (primary N) is 1. The van der Waals surface area contributed by atoms with Crippen molar-refractivity contribution in [2.24, 2.45) is 5.73 Å². The first-order chi connectivity index (χ1) is 11.0. The average molecular weight is 336 g/mol. The summed E-state index contributed by atoms with van der Waals surface area (Å²) in [5.74, 6) is 0. The SMILES string of the molecule is C[C@H](N)c1cccc(C2CC(n3c(=O)cc(Cl)[nH]c3=O)CO2)c1. The lowest BCUT2D eigenvalue weighted by Crippen LogP contribution is -2.37. The van der Waals surface area contributed by atoms with Gasteiger partial charge in [-0.15, -0.1) is 0 Å². The largest absolute Gasteiger partial charge is 0.371 e. The zero-order valence-corrected chi connectivity index (χ0v) is 13.4. The summed E-state index contributed by atoms with van der Waals surface area (Å²) in [7, 11) is 0. The Kier molecular flexibility index (Phi) is 4.39. The molecule has 1 aromatic heterocycles. The van der Waals surface area contributed by atoms with Gasteiger partial charge in [-0.3, -0.25) is 14.3 Å². The molecule has 122 valence electrons. The van der Waals surface area contributed by atoms with Crippen LogP contribution in [0.4, 0.5) is 0 Å². The Balaban J connectivity index is 1.86. The molecular weight excluding hydrogens is 318 g/mol. The number of hydrogen-bond donors (Lipinski definition) is 2. The topological polar surface area (TPSA) is 90.1 Å². The number of hydrogen-bond acceptors (Lipinski definition) is 4. The van der Waals surface area contributed by atoms with E-state index in [0.29, 0.717) is 13.0 Å². The number of nitrogens with one attached hydrogen (secondary N) is 1. The summed E-state index contributed by atoms with van der Waals surface area (Å²) in [6, 6.07) is 8.70. The van der Waals surface area contributed by atoms with Crippen molar-refractivity contribution < 1.29 is 4.74 Å². The van der Waals surface area contributed by atoms with E-state index >= 15 is 0 Å². The van der Waals surface area contributed by atoms with Crippen LogP contribution in [0.25, 0.3) is 0 Å². The number of benzene rings is 1. The first-order valence-corrected chi connectivity index (χ1v) is 7.82. The van der Waals surface area contributed by atoms with Gasteiger partial charge in [-0.05, 0) is 18.1 Å². The maximum atomic E-state index is 12.0. The third-order valence-electron chi connectivity index (χ3n) is 4.08. The fraction of sp³-hybridized carbons (Fsp3) is 0.375. The standard InChI is InChI=1S/C16H18ClN3O3/c1-9(18)10-3-2-4-11(5-10)13-6-12(8-23-13)20-15(21)7-14(17)19-16(20)22/h2-5,7,9,12-13H,6,8,18H2,1H3,(H,19,22)/t9-,12?,13?/m0/s1. The smallest absolute Gasteiger partial charge is 0.329 e. The van der Waals surface area contributed by atoms with Gasteiger partial charge in [0.25, 0.3) is 5.56 Å². The molecule has 1 aliphatic heterocycles. The summed E-state index contributed by atoms with van der Waals surface area (Å²) in [5.41, 5.74) is 7.00. The Morgan fingerprint density at radius 2 is 2.17 bits per heavy atom. The highest BCUT2D eigenvalue weighted by atomic mass is 35.5. The second kappa shape index (κ2) is 6.31. The third-order valence-corrected chi connectivity index (χ3v) is 4.29. The molecule has 0 amide bonds. The summed E-state index contributed by atoms with van der Waals surface area (Å²) in [6.07, 6.45) is 0.383. The van der Waals surface area contributed by atoms with Gasteiger partial charge in [-0.2, -0.15) is 0 Å². The second-order valence-electron chi connectivity index (χ2n) is 5.80. The Morgan fingerprint density at radius 1 is 1.39 bits per heavy atom. The number of aromatic amines is 1. The van der Waals surface area contributed by atoms with E-state index in [2.05, 4.69) is 4.98 Å². The molecule has 0 bridgehead atoms. The molecule has 0 radical (unpaired) electrons.